The largest absolute Gasteiger partial charge is 0.373 e. The molecule has 2 aromatic heterocycles. The fourth-order valence-corrected chi connectivity index (χ4v) is 3.84. The Balaban J connectivity index is 1.57. The number of nitrogens with zero attached hydrogens (tertiary/aromatic N) is 2. The summed E-state index contributed by atoms with van der Waals surface area (Å²) < 4.78 is 12.3. The Labute approximate surface area is 180 Å². The van der Waals surface area contributed by atoms with Gasteiger partial charge in [0.25, 0.3) is 11.8 Å². The Hall–Kier alpha value is -3.39. The molecule has 2 N–H and O–H groups in total. The van der Waals surface area contributed by atoms with E-state index in [0.717, 1.165) is 12.0 Å². The highest BCUT2D eigenvalue weighted by molar-refractivity contribution is 6.01. The standard InChI is InChI=1S/C23H26N4O4/c1-3-18(16-7-5-4-6-8-16)25-22(28)17-13-20(27-10-12-30-14-21(17)27)23(29)24-15(2)19-9-11-31-26-19/h4-9,11,13,15,18H,3,10,12,14H2,1-2H3,(H,24,29)(H,25,28). The van der Waals surface area contributed by atoms with Crippen molar-refractivity contribution in [1.29, 1.82) is 0 Å². The predicted octanol–water partition coefficient (Wildman–Crippen LogP) is 3.38. The van der Waals surface area contributed by atoms with E-state index in [9.17, 15) is 9.59 Å². The molecule has 4 rings (SSSR count). The van der Waals surface area contributed by atoms with E-state index in [1.165, 1.54) is 6.26 Å². The third kappa shape index (κ3) is 4.39. The van der Waals surface area contributed by atoms with E-state index in [0.29, 0.717) is 35.8 Å². The second kappa shape index (κ2) is 9.18. The fraction of sp³-hybridized carbons (Fsp3) is 0.348. The van der Waals surface area contributed by atoms with Crippen molar-refractivity contribution in [3.05, 3.63) is 76.9 Å². The zero-order chi connectivity index (χ0) is 21.8. The Morgan fingerprint density at radius 3 is 2.68 bits per heavy atom. The minimum Gasteiger partial charge on any atom is -0.373 e. The van der Waals surface area contributed by atoms with Gasteiger partial charge in [-0.15, -0.1) is 0 Å². The van der Waals surface area contributed by atoms with E-state index in [-0.39, 0.29) is 30.5 Å². The number of rotatable bonds is 7. The summed E-state index contributed by atoms with van der Waals surface area (Å²) in [5, 5.41) is 9.90. The molecule has 0 fully saturated rings. The highest BCUT2D eigenvalue weighted by atomic mass is 16.5. The van der Waals surface area contributed by atoms with Crippen LogP contribution >= 0.6 is 0 Å². The Kier molecular flexibility index (Phi) is 6.18. The first-order valence-electron chi connectivity index (χ1n) is 10.5. The molecule has 8 nitrogen and oxygen atoms in total. The summed E-state index contributed by atoms with van der Waals surface area (Å²) in [5.74, 6) is -0.485. The molecule has 0 saturated heterocycles. The number of amides is 2. The quantitative estimate of drug-likeness (QED) is 0.608. The van der Waals surface area contributed by atoms with Gasteiger partial charge in [0.1, 0.15) is 17.7 Å². The summed E-state index contributed by atoms with van der Waals surface area (Å²) in [6.07, 6.45) is 2.22. The molecule has 2 amide bonds. The molecule has 1 aliphatic rings. The predicted molar refractivity (Wildman–Crippen MR) is 113 cm³/mol. The van der Waals surface area contributed by atoms with Gasteiger partial charge in [-0.3, -0.25) is 9.59 Å². The van der Waals surface area contributed by atoms with Gasteiger partial charge in [0, 0.05) is 12.6 Å². The fourth-order valence-electron chi connectivity index (χ4n) is 3.84. The zero-order valence-corrected chi connectivity index (χ0v) is 17.6. The summed E-state index contributed by atoms with van der Waals surface area (Å²) in [7, 11) is 0. The molecule has 3 aromatic rings. The van der Waals surface area contributed by atoms with Crippen molar-refractivity contribution in [2.45, 2.75) is 45.5 Å². The Morgan fingerprint density at radius 2 is 1.97 bits per heavy atom. The van der Waals surface area contributed by atoms with Crippen molar-refractivity contribution >= 4 is 11.8 Å². The third-order valence-electron chi connectivity index (χ3n) is 5.55. The van der Waals surface area contributed by atoms with Crippen LogP contribution in [0.25, 0.3) is 0 Å². The average Bonchev–Trinajstić information content (AvgIpc) is 3.46. The average molecular weight is 422 g/mol. The normalized spacial score (nSPS) is 15.0. The van der Waals surface area contributed by atoms with Crippen LogP contribution in [0.1, 0.15) is 70.1 Å². The van der Waals surface area contributed by atoms with E-state index in [2.05, 4.69) is 15.8 Å². The van der Waals surface area contributed by atoms with Crippen molar-refractivity contribution in [3.63, 3.8) is 0 Å². The molecule has 8 heteroatoms. The van der Waals surface area contributed by atoms with Crippen molar-refractivity contribution in [1.82, 2.24) is 20.4 Å². The summed E-state index contributed by atoms with van der Waals surface area (Å²) in [4.78, 5) is 26.2. The smallest absolute Gasteiger partial charge is 0.268 e. The lowest BCUT2D eigenvalue weighted by molar-refractivity contribution is 0.0774. The van der Waals surface area contributed by atoms with Gasteiger partial charge in [-0.1, -0.05) is 42.4 Å². The van der Waals surface area contributed by atoms with Crippen molar-refractivity contribution in [3.8, 4) is 0 Å². The third-order valence-corrected chi connectivity index (χ3v) is 5.55. The first-order valence-corrected chi connectivity index (χ1v) is 10.5. The van der Waals surface area contributed by atoms with Crippen LogP contribution in [0.5, 0.6) is 0 Å². The molecule has 2 unspecified atom stereocenters. The van der Waals surface area contributed by atoms with Crippen LogP contribution in [-0.4, -0.2) is 28.1 Å². The van der Waals surface area contributed by atoms with Crippen molar-refractivity contribution in [2.75, 3.05) is 6.61 Å². The van der Waals surface area contributed by atoms with Crippen LogP contribution in [0.4, 0.5) is 0 Å². The highest BCUT2D eigenvalue weighted by Crippen LogP contribution is 2.24. The van der Waals surface area contributed by atoms with Crippen LogP contribution in [0.15, 0.2) is 53.3 Å². The number of benzene rings is 1. The minimum absolute atomic E-state index is 0.113. The van der Waals surface area contributed by atoms with Gasteiger partial charge in [-0.2, -0.15) is 0 Å². The number of hydrogen-bond donors (Lipinski definition) is 2. The molecule has 162 valence electrons. The second-order valence-electron chi connectivity index (χ2n) is 7.56. The molecule has 0 spiro atoms. The number of carbonyl (C=O) groups is 2. The maximum absolute atomic E-state index is 13.2. The van der Waals surface area contributed by atoms with E-state index in [4.69, 9.17) is 9.26 Å². The van der Waals surface area contributed by atoms with Crippen LogP contribution in [0, 0.1) is 0 Å². The molecule has 0 aliphatic carbocycles. The van der Waals surface area contributed by atoms with Gasteiger partial charge < -0.3 is 24.5 Å². The molecule has 1 aliphatic heterocycles. The van der Waals surface area contributed by atoms with E-state index >= 15 is 0 Å². The first-order chi connectivity index (χ1) is 15.1. The van der Waals surface area contributed by atoms with Gasteiger partial charge in [0.05, 0.1) is 36.6 Å². The first kappa shape index (κ1) is 20.9. The van der Waals surface area contributed by atoms with Crippen molar-refractivity contribution < 1.29 is 18.8 Å². The minimum atomic E-state index is -0.322. The number of fused-ring (bicyclic) bond motifs is 1. The number of nitrogens with one attached hydrogen (secondary N) is 2. The Morgan fingerprint density at radius 1 is 1.16 bits per heavy atom. The molecule has 1 aromatic carbocycles. The highest BCUT2D eigenvalue weighted by Gasteiger charge is 2.28. The molecule has 31 heavy (non-hydrogen) atoms. The van der Waals surface area contributed by atoms with Gasteiger partial charge in [-0.25, -0.2) is 0 Å². The molecular formula is C23H26N4O4. The number of hydrogen-bond acceptors (Lipinski definition) is 5. The summed E-state index contributed by atoms with van der Waals surface area (Å²) in [6.45, 7) is 5.15. The monoisotopic (exact) mass is 422 g/mol. The molecular weight excluding hydrogens is 396 g/mol. The summed E-state index contributed by atoms with van der Waals surface area (Å²) in [6, 6.07) is 12.8. The molecule has 3 heterocycles. The number of aromatic nitrogens is 2. The van der Waals surface area contributed by atoms with E-state index in [1.807, 2.05) is 48.7 Å². The van der Waals surface area contributed by atoms with Gasteiger partial charge in [-0.05, 0) is 25.0 Å². The Bertz CT molecular complexity index is 1040. The lowest BCUT2D eigenvalue weighted by Gasteiger charge is -2.21. The van der Waals surface area contributed by atoms with Gasteiger partial charge in [0.2, 0.25) is 0 Å². The van der Waals surface area contributed by atoms with Crippen LogP contribution in [0.3, 0.4) is 0 Å². The topological polar surface area (TPSA) is 98.4 Å². The molecule has 2 atom stereocenters. The van der Waals surface area contributed by atoms with Crippen LogP contribution in [-0.2, 0) is 17.9 Å². The zero-order valence-electron chi connectivity index (χ0n) is 17.6. The maximum atomic E-state index is 13.2. The van der Waals surface area contributed by atoms with Crippen molar-refractivity contribution in [2.24, 2.45) is 0 Å². The van der Waals surface area contributed by atoms with Gasteiger partial charge in [0.15, 0.2) is 0 Å². The molecule has 0 radical (unpaired) electrons. The summed E-state index contributed by atoms with van der Waals surface area (Å²) >= 11 is 0. The molecule has 0 saturated carbocycles. The summed E-state index contributed by atoms with van der Waals surface area (Å²) in [5.41, 5.74) is 3.29. The van der Waals surface area contributed by atoms with E-state index in [1.54, 1.807) is 12.1 Å². The lowest BCUT2D eigenvalue weighted by Crippen LogP contribution is -2.31. The van der Waals surface area contributed by atoms with Crippen LogP contribution in [0.2, 0.25) is 0 Å². The number of carbonyl (C=O) groups excluding carboxylic acids is 2. The lowest BCUT2D eigenvalue weighted by atomic mass is 10.0. The SMILES string of the molecule is CCC(NC(=O)c1cc(C(=O)NC(C)c2ccon2)n2c1COCC2)c1ccccc1. The van der Waals surface area contributed by atoms with Gasteiger partial charge >= 0.3 is 0 Å². The van der Waals surface area contributed by atoms with E-state index < -0.39 is 0 Å². The molecule has 0 bridgehead atoms. The number of ether oxygens (including phenoxy) is 1. The second-order valence-corrected chi connectivity index (χ2v) is 7.56. The van der Waals surface area contributed by atoms with Crippen LogP contribution < -0.4 is 10.6 Å². The maximum Gasteiger partial charge on any atom is 0.268 e.